The molecule has 0 radical (unpaired) electrons. The lowest BCUT2D eigenvalue weighted by Gasteiger charge is -2.25. The summed E-state index contributed by atoms with van der Waals surface area (Å²) < 4.78 is 22.6. The van der Waals surface area contributed by atoms with Crippen molar-refractivity contribution in [1.29, 1.82) is 0 Å². The van der Waals surface area contributed by atoms with E-state index in [4.69, 9.17) is 5.14 Å². The number of carbonyl (C=O) groups excluding carboxylic acids is 1. The van der Waals surface area contributed by atoms with Gasteiger partial charge in [0.05, 0.1) is 10.9 Å². The monoisotopic (exact) mass is 347 g/mol. The van der Waals surface area contributed by atoms with Gasteiger partial charge >= 0.3 is 6.03 Å². The molecule has 0 aliphatic carbocycles. The zero-order valence-corrected chi connectivity index (χ0v) is 14.5. The Hall–Kier alpha value is -2.38. The normalized spacial score (nSPS) is 12.5. The fourth-order valence-corrected chi connectivity index (χ4v) is 2.75. The lowest BCUT2D eigenvalue weighted by atomic mass is 10.1. The molecule has 2 aromatic rings. The van der Waals surface area contributed by atoms with Crippen LogP contribution in [0.2, 0.25) is 0 Å². The second kappa shape index (κ2) is 7.46. The van der Waals surface area contributed by atoms with Crippen molar-refractivity contribution in [1.82, 2.24) is 10.2 Å². The number of hydrogen-bond donors (Lipinski definition) is 2. The maximum atomic E-state index is 12.3. The van der Waals surface area contributed by atoms with Crippen LogP contribution in [0.3, 0.4) is 0 Å². The van der Waals surface area contributed by atoms with E-state index in [1.54, 1.807) is 24.1 Å². The second-order valence-electron chi connectivity index (χ2n) is 5.55. The van der Waals surface area contributed by atoms with Crippen molar-refractivity contribution >= 4 is 16.1 Å². The van der Waals surface area contributed by atoms with Crippen LogP contribution in [0.15, 0.2) is 59.5 Å². The Bertz CT molecular complexity index is 790. The van der Waals surface area contributed by atoms with Crippen LogP contribution in [0.5, 0.6) is 0 Å². The third-order valence-electron chi connectivity index (χ3n) is 3.88. The summed E-state index contributed by atoms with van der Waals surface area (Å²) in [7, 11) is -2.02. The number of primary sulfonamides is 1. The first kappa shape index (κ1) is 18.0. The van der Waals surface area contributed by atoms with Gasteiger partial charge in [-0.3, -0.25) is 0 Å². The van der Waals surface area contributed by atoms with E-state index in [9.17, 15) is 13.2 Å². The number of sulfonamides is 1. The van der Waals surface area contributed by atoms with Crippen LogP contribution in [-0.2, 0) is 16.6 Å². The highest BCUT2D eigenvalue weighted by Crippen LogP contribution is 2.20. The van der Waals surface area contributed by atoms with Crippen molar-refractivity contribution in [3.8, 4) is 0 Å². The van der Waals surface area contributed by atoms with Gasteiger partial charge in [0.1, 0.15) is 0 Å². The highest BCUT2D eigenvalue weighted by atomic mass is 32.2. The minimum Gasteiger partial charge on any atom is -0.334 e. The van der Waals surface area contributed by atoms with Gasteiger partial charge in [-0.1, -0.05) is 42.5 Å². The summed E-state index contributed by atoms with van der Waals surface area (Å²) in [5.41, 5.74) is 1.84. The average Bonchev–Trinajstić information content (AvgIpc) is 2.58. The van der Waals surface area contributed by atoms with Crippen molar-refractivity contribution in [2.24, 2.45) is 5.14 Å². The molecule has 2 rings (SSSR count). The van der Waals surface area contributed by atoms with Crippen LogP contribution in [0, 0.1) is 0 Å². The van der Waals surface area contributed by atoms with Crippen LogP contribution in [-0.4, -0.2) is 26.4 Å². The summed E-state index contributed by atoms with van der Waals surface area (Å²) in [5, 5.41) is 7.94. The van der Waals surface area contributed by atoms with E-state index in [-0.39, 0.29) is 17.0 Å². The van der Waals surface area contributed by atoms with E-state index in [2.05, 4.69) is 5.32 Å². The third kappa shape index (κ3) is 4.56. The van der Waals surface area contributed by atoms with E-state index in [1.165, 1.54) is 12.1 Å². The molecule has 0 heterocycles. The van der Waals surface area contributed by atoms with Crippen LogP contribution in [0.4, 0.5) is 4.79 Å². The Morgan fingerprint density at radius 2 is 1.71 bits per heavy atom. The molecule has 3 N–H and O–H groups in total. The smallest absolute Gasteiger partial charge is 0.317 e. The second-order valence-corrected chi connectivity index (χ2v) is 7.11. The average molecular weight is 347 g/mol. The Kier molecular flexibility index (Phi) is 5.58. The standard InChI is InChI=1S/C17H21N3O3S/c1-13(15-8-10-16(11-9-15)24(18,22)23)20(2)17(21)19-12-14-6-4-3-5-7-14/h3-11,13H,12H2,1-2H3,(H,19,21)(H2,18,22,23)/t13-/m0/s1. The number of hydrogen-bond acceptors (Lipinski definition) is 3. The first-order valence-corrected chi connectivity index (χ1v) is 9.01. The van der Waals surface area contributed by atoms with Gasteiger partial charge in [0.2, 0.25) is 10.0 Å². The minimum atomic E-state index is -3.71. The maximum Gasteiger partial charge on any atom is 0.317 e. The maximum absolute atomic E-state index is 12.3. The van der Waals surface area contributed by atoms with E-state index < -0.39 is 10.0 Å². The summed E-state index contributed by atoms with van der Waals surface area (Å²) >= 11 is 0. The molecule has 0 aliphatic rings. The Labute approximate surface area is 142 Å². The number of nitrogens with zero attached hydrogens (tertiary/aromatic N) is 1. The van der Waals surface area contributed by atoms with Crippen LogP contribution in [0.25, 0.3) is 0 Å². The Balaban J connectivity index is 2.00. The molecule has 0 aliphatic heterocycles. The largest absolute Gasteiger partial charge is 0.334 e. The van der Waals surface area contributed by atoms with Crippen LogP contribution < -0.4 is 10.5 Å². The number of nitrogens with two attached hydrogens (primary N) is 1. The van der Waals surface area contributed by atoms with Crippen molar-refractivity contribution in [3.05, 3.63) is 65.7 Å². The molecule has 7 heteroatoms. The molecule has 24 heavy (non-hydrogen) atoms. The van der Waals surface area contributed by atoms with E-state index in [1.807, 2.05) is 37.3 Å². The predicted octanol–water partition coefficient (Wildman–Crippen LogP) is 2.24. The number of rotatable bonds is 5. The zero-order valence-electron chi connectivity index (χ0n) is 13.6. The molecule has 1 atom stereocenters. The molecule has 0 bridgehead atoms. The third-order valence-corrected chi connectivity index (χ3v) is 4.81. The number of benzene rings is 2. The molecule has 0 spiro atoms. The quantitative estimate of drug-likeness (QED) is 0.869. The zero-order chi connectivity index (χ0) is 17.7. The summed E-state index contributed by atoms with van der Waals surface area (Å²) in [6.45, 7) is 2.31. The van der Waals surface area contributed by atoms with Gasteiger partial charge < -0.3 is 10.2 Å². The summed E-state index contributed by atoms with van der Waals surface area (Å²) in [4.78, 5) is 13.9. The first-order chi connectivity index (χ1) is 11.3. The van der Waals surface area contributed by atoms with Crippen LogP contribution in [0.1, 0.15) is 24.1 Å². The van der Waals surface area contributed by atoms with Gasteiger partial charge in [-0.25, -0.2) is 18.4 Å². The molecule has 0 aromatic heterocycles. The molecule has 6 nitrogen and oxygen atoms in total. The SMILES string of the molecule is C[C@@H](c1ccc(S(N)(=O)=O)cc1)N(C)C(=O)NCc1ccccc1. The summed E-state index contributed by atoms with van der Waals surface area (Å²) in [6, 6.07) is 15.4. The van der Waals surface area contributed by atoms with E-state index >= 15 is 0 Å². The highest BCUT2D eigenvalue weighted by molar-refractivity contribution is 7.89. The van der Waals surface area contributed by atoms with E-state index in [0.717, 1.165) is 11.1 Å². The molecule has 0 fully saturated rings. The Morgan fingerprint density at radius 1 is 1.12 bits per heavy atom. The molecule has 0 saturated heterocycles. The number of urea groups is 1. The topological polar surface area (TPSA) is 92.5 Å². The van der Waals surface area contributed by atoms with Gasteiger partial charge in [0, 0.05) is 13.6 Å². The van der Waals surface area contributed by atoms with Crippen LogP contribution >= 0.6 is 0 Å². The minimum absolute atomic E-state index is 0.0506. The van der Waals surface area contributed by atoms with Crippen molar-refractivity contribution < 1.29 is 13.2 Å². The van der Waals surface area contributed by atoms with Gasteiger partial charge in [-0.15, -0.1) is 0 Å². The summed E-state index contributed by atoms with van der Waals surface area (Å²) in [5.74, 6) is 0. The first-order valence-electron chi connectivity index (χ1n) is 7.46. The highest BCUT2D eigenvalue weighted by Gasteiger charge is 2.18. The molecule has 0 unspecified atom stereocenters. The summed E-state index contributed by atoms with van der Waals surface area (Å²) in [6.07, 6.45) is 0. The van der Waals surface area contributed by atoms with Crippen molar-refractivity contribution in [2.45, 2.75) is 24.4 Å². The number of carbonyl (C=O) groups is 1. The number of amides is 2. The Morgan fingerprint density at radius 3 is 2.25 bits per heavy atom. The molecule has 2 amide bonds. The predicted molar refractivity (Wildman–Crippen MR) is 92.7 cm³/mol. The van der Waals surface area contributed by atoms with E-state index in [0.29, 0.717) is 6.54 Å². The van der Waals surface area contributed by atoms with Gasteiger partial charge in [0.15, 0.2) is 0 Å². The molecule has 128 valence electrons. The lowest BCUT2D eigenvalue weighted by Crippen LogP contribution is -2.38. The van der Waals surface area contributed by atoms with Gasteiger partial charge in [0.25, 0.3) is 0 Å². The van der Waals surface area contributed by atoms with Gasteiger partial charge in [-0.05, 0) is 30.2 Å². The molecule has 0 saturated carbocycles. The lowest BCUT2D eigenvalue weighted by molar-refractivity contribution is 0.194. The van der Waals surface area contributed by atoms with Crippen molar-refractivity contribution in [2.75, 3.05) is 7.05 Å². The van der Waals surface area contributed by atoms with Gasteiger partial charge in [-0.2, -0.15) is 0 Å². The molecular weight excluding hydrogens is 326 g/mol. The molecular formula is C17H21N3O3S. The molecule has 2 aromatic carbocycles. The number of nitrogens with one attached hydrogen (secondary N) is 1. The fourth-order valence-electron chi connectivity index (χ4n) is 2.23. The van der Waals surface area contributed by atoms with Crippen molar-refractivity contribution in [3.63, 3.8) is 0 Å². The fraction of sp³-hybridized carbons (Fsp3) is 0.235.